The smallest absolute Gasteiger partial charge is 0.253 e. The van der Waals surface area contributed by atoms with Gasteiger partial charge in [-0.25, -0.2) is 0 Å². The lowest BCUT2D eigenvalue weighted by molar-refractivity contribution is 0.0766. The molecule has 1 aromatic rings. The molecule has 132 valence electrons. The summed E-state index contributed by atoms with van der Waals surface area (Å²) in [4.78, 5) is 16.8. The zero-order valence-corrected chi connectivity index (χ0v) is 15.7. The van der Waals surface area contributed by atoms with E-state index in [1.165, 1.54) is 5.69 Å². The summed E-state index contributed by atoms with van der Waals surface area (Å²) in [5, 5.41) is 3.33. The molecule has 2 rings (SSSR count). The molecule has 1 saturated heterocycles. The van der Waals surface area contributed by atoms with Crippen LogP contribution in [0.5, 0.6) is 0 Å². The van der Waals surface area contributed by atoms with Crippen molar-refractivity contribution in [2.24, 2.45) is 0 Å². The molecule has 0 saturated carbocycles. The number of hydrogen-bond donors (Lipinski definition) is 1. The molecule has 0 aromatic heterocycles. The highest BCUT2D eigenvalue weighted by Gasteiger charge is 2.17. The zero-order valence-electron chi connectivity index (χ0n) is 14.1. The second kappa shape index (κ2) is 11.5. The minimum atomic E-state index is 0. The third-order valence-corrected chi connectivity index (χ3v) is 3.98. The lowest BCUT2D eigenvalue weighted by Gasteiger charge is -2.23. The summed E-state index contributed by atoms with van der Waals surface area (Å²) in [6.45, 7) is 9.96. The van der Waals surface area contributed by atoms with Crippen LogP contribution in [0.3, 0.4) is 0 Å². The van der Waals surface area contributed by atoms with Crippen LogP contribution in [0.15, 0.2) is 24.3 Å². The van der Waals surface area contributed by atoms with E-state index in [9.17, 15) is 4.79 Å². The number of carbonyl (C=O) groups excluding carboxylic acids is 1. The minimum absolute atomic E-state index is 0. The fourth-order valence-corrected chi connectivity index (χ4v) is 2.79. The highest BCUT2D eigenvalue weighted by molar-refractivity contribution is 5.94. The Bertz CT molecular complexity index is 446. The fourth-order valence-electron chi connectivity index (χ4n) is 2.79. The second-order valence-electron chi connectivity index (χ2n) is 5.52. The van der Waals surface area contributed by atoms with Crippen molar-refractivity contribution in [1.82, 2.24) is 10.2 Å². The molecular formula is C17H29Cl2N3O. The van der Waals surface area contributed by atoms with Crippen molar-refractivity contribution in [2.75, 3.05) is 44.2 Å². The number of amides is 1. The average molecular weight is 362 g/mol. The summed E-state index contributed by atoms with van der Waals surface area (Å²) in [5.41, 5.74) is 2.00. The van der Waals surface area contributed by atoms with Crippen molar-refractivity contribution >= 4 is 36.4 Å². The molecule has 1 amide bonds. The van der Waals surface area contributed by atoms with Crippen molar-refractivity contribution in [1.29, 1.82) is 0 Å². The zero-order chi connectivity index (χ0) is 15.1. The van der Waals surface area contributed by atoms with Gasteiger partial charge in [-0.15, -0.1) is 24.8 Å². The summed E-state index contributed by atoms with van der Waals surface area (Å²) in [6.07, 6.45) is 2.17. The molecule has 0 bridgehead atoms. The fraction of sp³-hybridized carbons (Fsp3) is 0.588. The predicted octanol–water partition coefficient (Wildman–Crippen LogP) is 3.20. The normalized spacial score (nSPS) is 14.3. The maximum atomic E-state index is 12.5. The van der Waals surface area contributed by atoms with Gasteiger partial charge in [0.15, 0.2) is 0 Å². The number of halogens is 2. The summed E-state index contributed by atoms with van der Waals surface area (Å²) in [6, 6.07) is 8.08. The molecule has 0 atom stereocenters. The number of anilines is 1. The van der Waals surface area contributed by atoms with E-state index in [1.807, 2.05) is 17.0 Å². The molecule has 0 aliphatic carbocycles. The van der Waals surface area contributed by atoms with E-state index in [0.29, 0.717) is 0 Å². The average Bonchev–Trinajstić information content (AvgIpc) is 2.81. The quantitative estimate of drug-likeness (QED) is 0.874. The van der Waals surface area contributed by atoms with E-state index in [0.717, 1.165) is 57.7 Å². The minimum Gasteiger partial charge on any atom is -0.372 e. The van der Waals surface area contributed by atoms with Crippen LogP contribution in [0.25, 0.3) is 0 Å². The summed E-state index contributed by atoms with van der Waals surface area (Å²) in [5.74, 6) is 0.156. The first-order chi connectivity index (χ1) is 10.3. The first-order valence-electron chi connectivity index (χ1n) is 8.11. The molecule has 0 radical (unpaired) electrons. The number of hydrogen-bond acceptors (Lipinski definition) is 3. The third-order valence-electron chi connectivity index (χ3n) is 3.98. The molecule has 1 aromatic carbocycles. The summed E-state index contributed by atoms with van der Waals surface area (Å²) in [7, 11) is 0. The van der Waals surface area contributed by atoms with Crippen LogP contribution in [0.2, 0.25) is 0 Å². The molecule has 1 N–H and O–H groups in total. The molecule has 0 unspecified atom stereocenters. The summed E-state index contributed by atoms with van der Waals surface area (Å²) < 4.78 is 0. The number of nitrogens with one attached hydrogen (secondary N) is 1. The molecule has 1 heterocycles. The van der Waals surface area contributed by atoms with Crippen LogP contribution in [0.4, 0.5) is 5.69 Å². The standard InChI is InChI=1S/C17H27N3O.2ClH/c1-3-12-19(4-2)16-8-6-15(7-9-16)17(21)20-13-5-10-18-11-14-20;;/h6-9,18H,3-5,10-14H2,1-2H3;2*1H. The van der Waals surface area contributed by atoms with Gasteiger partial charge in [-0.3, -0.25) is 4.79 Å². The second-order valence-corrected chi connectivity index (χ2v) is 5.52. The maximum absolute atomic E-state index is 12.5. The topological polar surface area (TPSA) is 35.6 Å². The molecule has 1 aliphatic heterocycles. The van der Waals surface area contributed by atoms with Crippen LogP contribution in [0.1, 0.15) is 37.0 Å². The van der Waals surface area contributed by atoms with Gasteiger partial charge in [-0.2, -0.15) is 0 Å². The van der Waals surface area contributed by atoms with Gasteiger partial charge in [0.05, 0.1) is 0 Å². The van der Waals surface area contributed by atoms with Gasteiger partial charge in [-0.1, -0.05) is 6.92 Å². The van der Waals surface area contributed by atoms with E-state index in [-0.39, 0.29) is 30.7 Å². The molecule has 6 heteroatoms. The van der Waals surface area contributed by atoms with Crippen LogP contribution in [0, 0.1) is 0 Å². The Hall–Kier alpha value is -0.970. The molecule has 1 aliphatic rings. The van der Waals surface area contributed by atoms with Gasteiger partial charge >= 0.3 is 0 Å². The first-order valence-corrected chi connectivity index (χ1v) is 8.11. The first kappa shape index (κ1) is 22.0. The van der Waals surface area contributed by atoms with E-state index >= 15 is 0 Å². The monoisotopic (exact) mass is 361 g/mol. The largest absolute Gasteiger partial charge is 0.372 e. The highest BCUT2D eigenvalue weighted by Crippen LogP contribution is 2.17. The van der Waals surface area contributed by atoms with Crippen molar-refractivity contribution in [3.05, 3.63) is 29.8 Å². The lowest BCUT2D eigenvalue weighted by atomic mass is 10.1. The molecule has 1 fully saturated rings. The Kier molecular flexibility index (Phi) is 11.1. The predicted molar refractivity (Wildman–Crippen MR) is 103 cm³/mol. The van der Waals surface area contributed by atoms with Gasteiger partial charge < -0.3 is 15.1 Å². The molecule has 23 heavy (non-hydrogen) atoms. The van der Waals surface area contributed by atoms with Gasteiger partial charge in [0.2, 0.25) is 0 Å². The Morgan fingerprint density at radius 1 is 1.13 bits per heavy atom. The maximum Gasteiger partial charge on any atom is 0.253 e. The Balaban J connectivity index is 0.00000242. The van der Waals surface area contributed by atoms with Gasteiger partial charge in [-0.05, 0) is 50.6 Å². The van der Waals surface area contributed by atoms with Crippen LogP contribution < -0.4 is 10.2 Å². The van der Waals surface area contributed by atoms with Crippen molar-refractivity contribution in [3.8, 4) is 0 Å². The van der Waals surface area contributed by atoms with Gasteiger partial charge in [0.25, 0.3) is 5.91 Å². The number of carbonyl (C=O) groups is 1. The van der Waals surface area contributed by atoms with Gasteiger partial charge in [0.1, 0.15) is 0 Å². The highest BCUT2D eigenvalue weighted by atomic mass is 35.5. The SMILES string of the molecule is CCCN(CC)c1ccc(C(=O)N2CCCNCC2)cc1.Cl.Cl. The van der Waals surface area contributed by atoms with Crippen LogP contribution >= 0.6 is 24.8 Å². The van der Waals surface area contributed by atoms with Crippen molar-refractivity contribution in [2.45, 2.75) is 26.7 Å². The van der Waals surface area contributed by atoms with E-state index < -0.39 is 0 Å². The molecular weight excluding hydrogens is 333 g/mol. The van der Waals surface area contributed by atoms with Crippen LogP contribution in [-0.4, -0.2) is 50.1 Å². The van der Waals surface area contributed by atoms with E-state index in [2.05, 4.69) is 36.2 Å². The number of nitrogens with zero attached hydrogens (tertiary/aromatic N) is 2. The van der Waals surface area contributed by atoms with Crippen molar-refractivity contribution in [3.63, 3.8) is 0 Å². The lowest BCUT2D eigenvalue weighted by Crippen LogP contribution is -2.34. The third kappa shape index (κ3) is 6.21. The molecule has 0 spiro atoms. The molecule has 4 nitrogen and oxygen atoms in total. The van der Waals surface area contributed by atoms with E-state index in [1.54, 1.807) is 0 Å². The van der Waals surface area contributed by atoms with Gasteiger partial charge in [0, 0.05) is 44.0 Å². The Labute approximate surface area is 152 Å². The summed E-state index contributed by atoms with van der Waals surface area (Å²) >= 11 is 0. The van der Waals surface area contributed by atoms with E-state index in [4.69, 9.17) is 0 Å². The Morgan fingerprint density at radius 2 is 1.83 bits per heavy atom. The number of benzene rings is 1. The van der Waals surface area contributed by atoms with Crippen molar-refractivity contribution < 1.29 is 4.79 Å². The Morgan fingerprint density at radius 3 is 2.43 bits per heavy atom. The van der Waals surface area contributed by atoms with Crippen LogP contribution in [-0.2, 0) is 0 Å². The number of rotatable bonds is 5.